The molecule has 19 heavy (non-hydrogen) atoms. The SMILES string of the molecule is C[C@@]1([C@H](C=O)OCc2ccccc2)CCCC=C1Br. The second-order valence-corrected chi connectivity index (χ2v) is 6.07. The summed E-state index contributed by atoms with van der Waals surface area (Å²) in [4.78, 5) is 11.4. The number of ether oxygens (including phenoxy) is 1. The molecule has 0 saturated heterocycles. The number of aldehydes is 1. The fourth-order valence-electron chi connectivity index (χ4n) is 2.46. The molecule has 0 amide bonds. The maximum atomic E-state index is 11.4. The third-order valence-corrected chi connectivity index (χ3v) is 5.02. The van der Waals surface area contributed by atoms with Crippen molar-refractivity contribution in [1.29, 1.82) is 0 Å². The Morgan fingerprint density at radius 3 is 2.79 bits per heavy atom. The van der Waals surface area contributed by atoms with E-state index < -0.39 is 6.10 Å². The summed E-state index contributed by atoms with van der Waals surface area (Å²) in [6.45, 7) is 2.57. The minimum Gasteiger partial charge on any atom is -0.365 e. The van der Waals surface area contributed by atoms with Crippen LogP contribution in [-0.4, -0.2) is 12.4 Å². The minimum atomic E-state index is -0.404. The summed E-state index contributed by atoms with van der Waals surface area (Å²) < 4.78 is 6.95. The largest absolute Gasteiger partial charge is 0.365 e. The van der Waals surface area contributed by atoms with Gasteiger partial charge in [0.1, 0.15) is 12.4 Å². The highest BCUT2D eigenvalue weighted by Crippen LogP contribution is 2.44. The van der Waals surface area contributed by atoms with E-state index in [4.69, 9.17) is 4.74 Å². The first-order valence-corrected chi connectivity index (χ1v) is 7.43. The van der Waals surface area contributed by atoms with Crippen LogP contribution in [0.15, 0.2) is 40.9 Å². The smallest absolute Gasteiger partial charge is 0.149 e. The van der Waals surface area contributed by atoms with E-state index in [9.17, 15) is 4.79 Å². The van der Waals surface area contributed by atoms with Crippen LogP contribution in [0.25, 0.3) is 0 Å². The lowest BCUT2D eigenvalue weighted by Crippen LogP contribution is -2.37. The van der Waals surface area contributed by atoms with Crippen molar-refractivity contribution in [1.82, 2.24) is 0 Å². The van der Waals surface area contributed by atoms with Crippen LogP contribution in [0, 0.1) is 5.41 Å². The average molecular weight is 323 g/mol. The van der Waals surface area contributed by atoms with Crippen molar-refractivity contribution in [2.45, 2.75) is 38.9 Å². The fourth-order valence-corrected chi connectivity index (χ4v) is 3.12. The average Bonchev–Trinajstić information content (AvgIpc) is 2.44. The summed E-state index contributed by atoms with van der Waals surface area (Å²) in [5.74, 6) is 0. The van der Waals surface area contributed by atoms with Crippen LogP contribution >= 0.6 is 15.9 Å². The Labute approximate surface area is 123 Å². The number of hydrogen-bond donors (Lipinski definition) is 0. The van der Waals surface area contributed by atoms with E-state index in [1.54, 1.807) is 0 Å². The van der Waals surface area contributed by atoms with Gasteiger partial charge in [-0.15, -0.1) is 0 Å². The molecule has 1 aliphatic rings. The van der Waals surface area contributed by atoms with Crippen LogP contribution < -0.4 is 0 Å². The molecule has 1 aromatic rings. The Morgan fingerprint density at radius 2 is 2.16 bits per heavy atom. The Kier molecular flexibility index (Phi) is 4.94. The van der Waals surface area contributed by atoms with E-state index in [2.05, 4.69) is 28.9 Å². The summed E-state index contributed by atoms with van der Waals surface area (Å²) >= 11 is 3.60. The maximum Gasteiger partial charge on any atom is 0.149 e. The first-order valence-electron chi connectivity index (χ1n) is 6.64. The number of hydrogen-bond acceptors (Lipinski definition) is 2. The Hall–Kier alpha value is -0.930. The molecular formula is C16H19BrO2. The number of allylic oxidation sites excluding steroid dienone is 1. The van der Waals surface area contributed by atoms with Crippen LogP contribution in [0.1, 0.15) is 31.7 Å². The van der Waals surface area contributed by atoms with Gasteiger partial charge in [-0.3, -0.25) is 0 Å². The van der Waals surface area contributed by atoms with Gasteiger partial charge in [0.15, 0.2) is 0 Å². The number of carbonyl (C=O) groups excluding carboxylic acids is 1. The Morgan fingerprint density at radius 1 is 1.42 bits per heavy atom. The predicted molar refractivity (Wildman–Crippen MR) is 80.1 cm³/mol. The van der Waals surface area contributed by atoms with Gasteiger partial charge in [-0.1, -0.05) is 59.3 Å². The van der Waals surface area contributed by atoms with Gasteiger partial charge >= 0.3 is 0 Å². The van der Waals surface area contributed by atoms with Gasteiger partial charge in [0.2, 0.25) is 0 Å². The monoisotopic (exact) mass is 322 g/mol. The van der Waals surface area contributed by atoms with Crippen molar-refractivity contribution in [3.8, 4) is 0 Å². The van der Waals surface area contributed by atoms with Gasteiger partial charge < -0.3 is 9.53 Å². The van der Waals surface area contributed by atoms with Gasteiger partial charge in [0, 0.05) is 9.90 Å². The number of halogens is 1. The van der Waals surface area contributed by atoms with E-state index >= 15 is 0 Å². The lowest BCUT2D eigenvalue weighted by Gasteiger charge is -2.37. The molecule has 2 rings (SSSR count). The fraction of sp³-hybridized carbons (Fsp3) is 0.438. The molecule has 3 heteroatoms. The summed E-state index contributed by atoms with van der Waals surface area (Å²) in [7, 11) is 0. The topological polar surface area (TPSA) is 26.3 Å². The molecule has 0 N–H and O–H groups in total. The molecule has 1 aromatic carbocycles. The van der Waals surface area contributed by atoms with Crippen LogP contribution in [0.5, 0.6) is 0 Å². The van der Waals surface area contributed by atoms with Gasteiger partial charge in [-0.05, 0) is 24.8 Å². The molecule has 0 aliphatic heterocycles. The Balaban J connectivity index is 2.06. The normalized spacial score (nSPS) is 24.6. The first kappa shape index (κ1) is 14.5. The zero-order valence-corrected chi connectivity index (χ0v) is 12.7. The minimum absolute atomic E-state index is 0.227. The molecule has 0 radical (unpaired) electrons. The van der Waals surface area contributed by atoms with E-state index in [0.29, 0.717) is 6.61 Å². The van der Waals surface area contributed by atoms with Gasteiger partial charge in [-0.25, -0.2) is 0 Å². The standard InChI is InChI=1S/C16H19BrO2/c1-16(10-6-5-9-14(16)17)15(11-18)19-12-13-7-3-2-4-8-13/h2-4,7-9,11,15H,5-6,10,12H2,1H3/t15-,16+/m0/s1. The molecule has 0 aromatic heterocycles. The lowest BCUT2D eigenvalue weighted by molar-refractivity contribution is -0.126. The molecular weight excluding hydrogens is 304 g/mol. The van der Waals surface area contributed by atoms with Crippen molar-refractivity contribution in [3.63, 3.8) is 0 Å². The highest BCUT2D eigenvalue weighted by atomic mass is 79.9. The van der Waals surface area contributed by atoms with E-state index in [1.165, 1.54) is 0 Å². The molecule has 102 valence electrons. The highest BCUT2D eigenvalue weighted by Gasteiger charge is 2.38. The molecule has 0 spiro atoms. The summed E-state index contributed by atoms with van der Waals surface area (Å²) in [6.07, 6.45) is 5.83. The number of rotatable bonds is 5. The van der Waals surface area contributed by atoms with Crippen molar-refractivity contribution >= 4 is 22.2 Å². The molecule has 1 aliphatic carbocycles. The molecule has 0 fully saturated rings. The molecule has 0 bridgehead atoms. The van der Waals surface area contributed by atoms with Crippen molar-refractivity contribution < 1.29 is 9.53 Å². The van der Waals surface area contributed by atoms with E-state index in [-0.39, 0.29) is 5.41 Å². The van der Waals surface area contributed by atoms with E-state index in [1.807, 2.05) is 30.3 Å². The number of benzene rings is 1. The van der Waals surface area contributed by atoms with Gasteiger partial charge in [0.05, 0.1) is 6.61 Å². The van der Waals surface area contributed by atoms with Crippen molar-refractivity contribution in [3.05, 3.63) is 46.5 Å². The third-order valence-electron chi connectivity index (χ3n) is 3.79. The second-order valence-electron chi connectivity index (χ2n) is 5.22. The third kappa shape index (κ3) is 3.34. The van der Waals surface area contributed by atoms with E-state index in [0.717, 1.165) is 35.6 Å². The number of carbonyl (C=O) groups is 1. The molecule has 2 atom stereocenters. The molecule has 0 unspecified atom stereocenters. The van der Waals surface area contributed by atoms with Gasteiger partial charge in [0.25, 0.3) is 0 Å². The lowest BCUT2D eigenvalue weighted by atomic mass is 9.76. The first-order chi connectivity index (χ1) is 9.16. The molecule has 2 nitrogen and oxygen atoms in total. The van der Waals surface area contributed by atoms with Crippen LogP contribution in [-0.2, 0) is 16.1 Å². The molecule has 0 heterocycles. The van der Waals surface area contributed by atoms with Crippen LogP contribution in [0.3, 0.4) is 0 Å². The highest BCUT2D eigenvalue weighted by molar-refractivity contribution is 9.11. The maximum absolute atomic E-state index is 11.4. The van der Waals surface area contributed by atoms with Crippen molar-refractivity contribution in [2.24, 2.45) is 5.41 Å². The summed E-state index contributed by atoms with van der Waals surface area (Å²) in [6, 6.07) is 9.95. The second kappa shape index (κ2) is 6.49. The summed E-state index contributed by atoms with van der Waals surface area (Å²) in [5, 5.41) is 0. The predicted octanol–water partition coefficient (Wildman–Crippen LogP) is 4.24. The Bertz CT molecular complexity index is 455. The molecule has 0 saturated carbocycles. The quantitative estimate of drug-likeness (QED) is 0.758. The summed E-state index contributed by atoms with van der Waals surface area (Å²) in [5.41, 5.74) is 0.864. The van der Waals surface area contributed by atoms with Crippen LogP contribution in [0.4, 0.5) is 0 Å². The van der Waals surface area contributed by atoms with Crippen LogP contribution in [0.2, 0.25) is 0 Å². The van der Waals surface area contributed by atoms with Gasteiger partial charge in [-0.2, -0.15) is 0 Å². The zero-order chi connectivity index (χ0) is 13.7. The zero-order valence-electron chi connectivity index (χ0n) is 11.1. The van der Waals surface area contributed by atoms with Crippen molar-refractivity contribution in [2.75, 3.05) is 0 Å².